The van der Waals surface area contributed by atoms with Gasteiger partial charge in [0.2, 0.25) is 0 Å². The van der Waals surface area contributed by atoms with Crippen molar-refractivity contribution in [1.82, 2.24) is 10.6 Å². The number of carbonyl (C=O) groups is 1. The van der Waals surface area contributed by atoms with Crippen LogP contribution in [0.15, 0.2) is 18.2 Å². The summed E-state index contributed by atoms with van der Waals surface area (Å²) < 4.78 is 11.2. The minimum absolute atomic E-state index is 0.0136. The van der Waals surface area contributed by atoms with Crippen molar-refractivity contribution in [3.8, 4) is 0 Å². The Morgan fingerprint density at radius 1 is 1.32 bits per heavy atom. The summed E-state index contributed by atoms with van der Waals surface area (Å²) in [5, 5.41) is 7.54. The average Bonchev–Trinajstić information content (AvgIpc) is 2.92. The van der Waals surface area contributed by atoms with Crippen molar-refractivity contribution in [2.75, 3.05) is 6.61 Å². The van der Waals surface area contributed by atoms with E-state index in [-0.39, 0.29) is 18.2 Å². The Labute approximate surface area is 158 Å². The molecule has 0 bridgehead atoms. The summed E-state index contributed by atoms with van der Waals surface area (Å²) in [7, 11) is 0. The summed E-state index contributed by atoms with van der Waals surface area (Å²) in [6.07, 6.45) is 0.662. The molecule has 0 radical (unpaired) electrons. The highest BCUT2D eigenvalue weighted by Gasteiger charge is 2.54. The van der Waals surface area contributed by atoms with E-state index < -0.39 is 11.7 Å². The molecular weight excluding hydrogens is 363 g/mol. The van der Waals surface area contributed by atoms with Gasteiger partial charge in [-0.05, 0) is 38.8 Å². The van der Waals surface area contributed by atoms with Gasteiger partial charge in [0, 0.05) is 19.1 Å². The van der Waals surface area contributed by atoms with Crippen molar-refractivity contribution in [2.45, 2.75) is 57.5 Å². The zero-order chi connectivity index (χ0) is 18.2. The Kier molecular flexibility index (Phi) is 5.49. The normalized spacial score (nSPS) is 28.2. The SMILES string of the molecule is CC(C)(C)OC(=O)NC1C2CCOC2C1NCc1cccc(Cl)c1Cl. The molecule has 2 aliphatic rings. The summed E-state index contributed by atoms with van der Waals surface area (Å²) in [5.41, 5.74) is 0.406. The van der Waals surface area contributed by atoms with Crippen LogP contribution in [0.25, 0.3) is 0 Å². The fourth-order valence-electron chi connectivity index (χ4n) is 3.50. The van der Waals surface area contributed by atoms with Crippen molar-refractivity contribution < 1.29 is 14.3 Å². The summed E-state index contributed by atoms with van der Waals surface area (Å²) in [4.78, 5) is 12.1. The molecule has 4 unspecified atom stereocenters. The molecule has 0 spiro atoms. The van der Waals surface area contributed by atoms with Gasteiger partial charge in [0.05, 0.1) is 28.2 Å². The lowest BCUT2D eigenvalue weighted by Gasteiger charge is -2.48. The second-order valence-electron chi connectivity index (χ2n) is 7.58. The number of hydrogen-bond acceptors (Lipinski definition) is 4. The maximum atomic E-state index is 12.1. The molecule has 1 saturated carbocycles. The molecule has 1 aromatic rings. The zero-order valence-electron chi connectivity index (χ0n) is 14.6. The second kappa shape index (κ2) is 7.31. The van der Waals surface area contributed by atoms with Gasteiger partial charge < -0.3 is 20.1 Å². The van der Waals surface area contributed by atoms with Crippen LogP contribution in [-0.2, 0) is 16.0 Å². The van der Waals surface area contributed by atoms with E-state index in [0.29, 0.717) is 22.5 Å². The van der Waals surface area contributed by atoms with Crippen molar-refractivity contribution in [1.29, 1.82) is 0 Å². The number of halogens is 2. The summed E-state index contributed by atoms with van der Waals surface area (Å²) >= 11 is 12.3. The van der Waals surface area contributed by atoms with Crippen LogP contribution in [0.4, 0.5) is 4.79 Å². The van der Waals surface area contributed by atoms with Crippen molar-refractivity contribution in [3.63, 3.8) is 0 Å². The Hall–Kier alpha value is -1.01. The lowest BCUT2D eigenvalue weighted by molar-refractivity contribution is -0.0344. The monoisotopic (exact) mass is 386 g/mol. The molecule has 1 amide bonds. The van der Waals surface area contributed by atoms with E-state index in [4.69, 9.17) is 32.7 Å². The van der Waals surface area contributed by atoms with E-state index in [1.807, 2.05) is 32.9 Å². The van der Waals surface area contributed by atoms with E-state index in [9.17, 15) is 4.79 Å². The van der Waals surface area contributed by atoms with Gasteiger partial charge in [-0.25, -0.2) is 4.79 Å². The van der Waals surface area contributed by atoms with Gasteiger partial charge >= 0.3 is 6.09 Å². The average molecular weight is 387 g/mol. The molecule has 25 heavy (non-hydrogen) atoms. The first-order valence-electron chi connectivity index (χ1n) is 8.53. The Morgan fingerprint density at radius 3 is 2.80 bits per heavy atom. The molecule has 2 fully saturated rings. The van der Waals surface area contributed by atoms with Gasteiger partial charge in [-0.2, -0.15) is 0 Å². The largest absolute Gasteiger partial charge is 0.444 e. The molecule has 1 aliphatic heterocycles. The Morgan fingerprint density at radius 2 is 2.08 bits per heavy atom. The number of carbonyl (C=O) groups excluding carboxylic acids is 1. The first kappa shape index (κ1) is 18.8. The second-order valence-corrected chi connectivity index (χ2v) is 8.36. The van der Waals surface area contributed by atoms with Crippen LogP contribution in [0.5, 0.6) is 0 Å². The van der Waals surface area contributed by atoms with Crippen LogP contribution in [0.1, 0.15) is 32.8 Å². The molecule has 3 rings (SSSR count). The zero-order valence-corrected chi connectivity index (χ0v) is 16.2. The highest BCUT2D eigenvalue weighted by Crippen LogP contribution is 2.39. The highest BCUT2D eigenvalue weighted by molar-refractivity contribution is 6.42. The van der Waals surface area contributed by atoms with Gasteiger partial charge in [-0.1, -0.05) is 35.3 Å². The van der Waals surface area contributed by atoms with Crippen molar-refractivity contribution in [3.05, 3.63) is 33.8 Å². The molecule has 5 nitrogen and oxygen atoms in total. The quantitative estimate of drug-likeness (QED) is 0.826. The topological polar surface area (TPSA) is 59.6 Å². The third-order valence-electron chi connectivity index (χ3n) is 4.63. The van der Waals surface area contributed by atoms with Gasteiger partial charge in [-0.15, -0.1) is 0 Å². The lowest BCUT2D eigenvalue weighted by Crippen LogP contribution is -2.70. The standard InChI is InChI=1S/C18H24Cl2N2O3/c1-18(2,3)25-17(23)22-14-11-7-8-24-16(11)15(14)21-9-10-5-4-6-12(19)13(10)20/h4-6,11,14-16,21H,7-9H2,1-3H3,(H,22,23). The predicted molar refractivity (Wildman–Crippen MR) is 98.1 cm³/mol. The van der Waals surface area contributed by atoms with E-state index in [1.54, 1.807) is 6.07 Å². The van der Waals surface area contributed by atoms with Crippen LogP contribution >= 0.6 is 23.2 Å². The number of amides is 1. The molecule has 0 aromatic heterocycles. The van der Waals surface area contributed by atoms with Crippen LogP contribution in [0.2, 0.25) is 10.0 Å². The van der Waals surface area contributed by atoms with Crippen LogP contribution in [-0.4, -0.2) is 36.5 Å². The van der Waals surface area contributed by atoms with E-state index in [1.165, 1.54) is 0 Å². The Bertz CT molecular complexity index is 648. The van der Waals surface area contributed by atoms with Crippen molar-refractivity contribution >= 4 is 29.3 Å². The Balaban J connectivity index is 1.62. The fourth-order valence-corrected chi connectivity index (χ4v) is 3.89. The number of nitrogens with one attached hydrogen (secondary N) is 2. The number of rotatable bonds is 4. The molecule has 1 heterocycles. The molecule has 4 atom stereocenters. The molecular formula is C18H24Cl2N2O3. The first-order valence-corrected chi connectivity index (χ1v) is 9.29. The summed E-state index contributed by atoms with van der Waals surface area (Å²) in [6.45, 7) is 6.84. The molecule has 138 valence electrons. The van der Waals surface area contributed by atoms with Crippen LogP contribution in [0, 0.1) is 5.92 Å². The predicted octanol–water partition coefficient (Wildman–Crippen LogP) is 3.76. The number of ether oxygens (including phenoxy) is 2. The molecule has 7 heteroatoms. The fraction of sp³-hybridized carbons (Fsp3) is 0.611. The third-order valence-corrected chi connectivity index (χ3v) is 5.49. The highest BCUT2D eigenvalue weighted by atomic mass is 35.5. The third kappa shape index (κ3) is 4.22. The molecule has 2 N–H and O–H groups in total. The maximum absolute atomic E-state index is 12.1. The summed E-state index contributed by atoms with van der Waals surface area (Å²) in [5.74, 6) is 0.319. The smallest absolute Gasteiger partial charge is 0.407 e. The maximum Gasteiger partial charge on any atom is 0.407 e. The van der Waals surface area contributed by atoms with Gasteiger partial charge in [0.1, 0.15) is 5.60 Å². The number of fused-ring (bicyclic) bond motifs is 1. The van der Waals surface area contributed by atoms with E-state index >= 15 is 0 Å². The lowest BCUT2D eigenvalue weighted by atomic mass is 9.71. The number of alkyl carbamates (subject to hydrolysis) is 1. The van der Waals surface area contributed by atoms with Gasteiger partial charge in [-0.3, -0.25) is 0 Å². The minimum Gasteiger partial charge on any atom is -0.444 e. The van der Waals surface area contributed by atoms with E-state index in [2.05, 4.69) is 10.6 Å². The number of benzene rings is 1. The molecule has 1 saturated heterocycles. The van der Waals surface area contributed by atoms with Crippen molar-refractivity contribution in [2.24, 2.45) is 5.92 Å². The van der Waals surface area contributed by atoms with Crippen LogP contribution in [0.3, 0.4) is 0 Å². The molecule has 1 aliphatic carbocycles. The number of hydrogen-bond donors (Lipinski definition) is 2. The van der Waals surface area contributed by atoms with Gasteiger partial charge in [0.15, 0.2) is 0 Å². The van der Waals surface area contributed by atoms with Gasteiger partial charge in [0.25, 0.3) is 0 Å². The first-order chi connectivity index (χ1) is 11.8. The minimum atomic E-state index is -0.517. The summed E-state index contributed by atoms with van der Waals surface area (Å²) in [6, 6.07) is 5.58. The van der Waals surface area contributed by atoms with E-state index in [0.717, 1.165) is 18.6 Å². The molecule has 1 aromatic carbocycles. The van der Waals surface area contributed by atoms with Crippen LogP contribution < -0.4 is 10.6 Å².